The second-order valence-corrected chi connectivity index (χ2v) is 5.98. The fourth-order valence-corrected chi connectivity index (χ4v) is 2.99. The first-order valence-electron chi connectivity index (χ1n) is 7.95. The molecule has 6 heteroatoms. The first kappa shape index (κ1) is 16.5. The molecule has 2 aromatic heterocycles. The molecular weight excluding hydrogens is 324 g/mol. The zero-order valence-electron chi connectivity index (χ0n) is 14.0. The normalized spacial score (nSPS) is 11.0. The number of carbonyl (C=O) groups is 1. The van der Waals surface area contributed by atoms with Crippen LogP contribution >= 0.6 is 11.6 Å². The fraction of sp³-hybridized carbons (Fsp3) is 0.278. The average molecular weight is 343 g/mol. The largest absolute Gasteiger partial charge is 0.339 e. The van der Waals surface area contributed by atoms with Crippen LogP contribution in [-0.2, 0) is 0 Å². The molecule has 0 saturated heterocycles. The van der Waals surface area contributed by atoms with Crippen LogP contribution in [0.1, 0.15) is 29.9 Å². The van der Waals surface area contributed by atoms with E-state index in [2.05, 4.69) is 10.1 Å². The van der Waals surface area contributed by atoms with Gasteiger partial charge in [-0.25, -0.2) is 9.50 Å². The van der Waals surface area contributed by atoms with Crippen LogP contribution in [0.5, 0.6) is 0 Å². The predicted octanol–water partition coefficient (Wildman–Crippen LogP) is 3.84. The number of aromatic nitrogens is 3. The molecule has 0 aliphatic rings. The number of nitrogens with zero attached hydrogens (tertiary/aromatic N) is 4. The highest BCUT2D eigenvalue weighted by molar-refractivity contribution is 6.30. The molecule has 0 spiro atoms. The van der Waals surface area contributed by atoms with Crippen molar-refractivity contribution in [2.24, 2.45) is 0 Å². The standard InChI is InChI=1S/C18H19ClN4O/c1-4-22(5-2)18(24)15-10-20-17-16(11-21-23(17)12(15)3)13-7-6-8-14(19)9-13/h6-11H,4-5H2,1-3H3. The molecule has 2 heterocycles. The molecule has 0 saturated carbocycles. The second-order valence-electron chi connectivity index (χ2n) is 5.54. The van der Waals surface area contributed by atoms with Crippen molar-refractivity contribution < 1.29 is 4.79 Å². The van der Waals surface area contributed by atoms with Crippen molar-refractivity contribution >= 4 is 23.2 Å². The van der Waals surface area contributed by atoms with Gasteiger partial charge in [-0.2, -0.15) is 5.10 Å². The van der Waals surface area contributed by atoms with Gasteiger partial charge >= 0.3 is 0 Å². The van der Waals surface area contributed by atoms with Crippen molar-refractivity contribution in [2.75, 3.05) is 13.1 Å². The Morgan fingerprint density at radius 3 is 2.67 bits per heavy atom. The topological polar surface area (TPSA) is 50.5 Å². The van der Waals surface area contributed by atoms with Crippen molar-refractivity contribution in [2.45, 2.75) is 20.8 Å². The van der Waals surface area contributed by atoms with Gasteiger partial charge in [-0.1, -0.05) is 23.7 Å². The third-order valence-electron chi connectivity index (χ3n) is 4.18. The van der Waals surface area contributed by atoms with Crippen molar-refractivity contribution in [3.8, 4) is 11.1 Å². The highest BCUT2D eigenvalue weighted by Gasteiger charge is 2.19. The molecule has 0 N–H and O–H groups in total. The summed E-state index contributed by atoms with van der Waals surface area (Å²) in [5.74, 6) is -0.0216. The Morgan fingerprint density at radius 1 is 1.25 bits per heavy atom. The van der Waals surface area contributed by atoms with Gasteiger partial charge in [0.15, 0.2) is 5.65 Å². The van der Waals surface area contributed by atoms with Crippen LogP contribution < -0.4 is 0 Å². The number of hydrogen-bond acceptors (Lipinski definition) is 3. The summed E-state index contributed by atoms with van der Waals surface area (Å²) in [4.78, 5) is 18.9. The molecule has 0 radical (unpaired) electrons. The second kappa shape index (κ2) is 6.61. The van der Waals surface area contributed by atoms with E-state index in [1.165, 1.54) is 0 Å². The van der Waals surface area contributed by atoms with E-state index in [4.69, 9.17) is 11.6 Å². The van der Waals surface area contributed by atoms with Gasteiger partial charge in [0.05, 0.1) is 17.5 Å². The molecule has 0 aliphatic heterocycles. The van der Waals surface area contributed by atoms with Crippen LogP contribution in [-0.4, -0.2) is 38.5 Å². The van der Waals surface area contributed by atoms with Crippen molar-refractivity contribution in [3.05, 3.63) is 52.9 Å². The van der Waals surface area contributed by atoms with Gasteiger partial charge in [0, 0.05) is 29.9 Å². The highest BCUT2D eigenvalue weighted by Crippen LogP contribution is 2.26. The highest BCUT2D eigenvalue weighted by atomic mass is 35.5. The van der Waals surface area contributed by atoms with E-state index in [1.807, 2.05) is 45.0 Å². The molecule has 0 fully saturated rings. The van der Waals surface area contributed by atoms with Gasteiger partial charge in [0.2, 0.25) is 0 Å². The van der Waals surface area contributed by atoms with Gasteiger partial charge in [-0.05, 0) is 38.5 Å². The van der Waals surface area contributed by atoms with Crippen LogP contribution in [0.2, 0.25) is 5.02 Å². The quantitative estimate of drug-likeness (QED) is 0.723. The number of carbonyl (C=O) groups excluding carboxylic acids is 1. The van der Waals surface area contributed by atoms with Gasteiger partial charge in [-0.15, -0.1) is 0 Å². The Morgan fingerprint density at radius 2 is 2.00 bits per heavy atom. The van der Waals surface area contributed by atoms with E-state index in [0.29, 0.717) is 29.3 Å². The lowest BCUT2D eigenvalue weighted by Crippen LogP contribution is -2.31. The summed E-state index contributed by atoms with van der Waals surface area (Å²) in [6.07, 6.45) is 3.40. The summed E-state index contributed by atoms with van der Waals surface area (Å²) < 4.78 is 1.72. The maximum atomic E-state index is 12.6. The third kappa shape index (κ3) is 2.76. The summed E-state index contributed by atoms with van der Waals surface area (Å²) in [6, 6.07) is 7.57. The van der Waals surface area contributed by atoms with Crippen LogP contribution in [0, 0.1) is 6.92 Å². The minimum Gasteiger partial charge on any atom is -0.339 e. The smallest absolute Gasteiger partial charge is 0.257 e. The maximum absolute atomic E-state index is 12.6. The number of hydrogen-bond donors (Lipinski definition) is 0. The number of rotatable bonds is 4. The SMILES string of the molecule is CCN(CC)C(=O)c1cnc2c(-c3cccc(Cl)c3)cnn2c1C. The van der Waals surface area contributed by atoms with Gasteiger partial charge in [-0.3, -0.25) is 4.79 Å². The van der Waals surface area contributed by atoms with Crippen molar-refractivity contribution in [1.82, 2.24) is 19.5 Å². The maximum Gasteiger partial charge on any atom is 0.257 e. The summed E-state index contributed by atoms with van der Waals surface area (Å²) in [7, 11) is 0. The van der Waals surface area contributed by atoms with E-state index in [-0.39, 0.29) is 5.91 Å². The third-order valence-corrected chi connectivity index (χ3v) is 4.42. The summed E-state index contributed by atoms with van der Waals surface area (Å²) in [6.45, 7) is 7.15. The molecular formula is C18H19ClN4O. The fourth-order valence-electron chi connectivity index (χ4n) is 2.80. The molecule has 0 unspecified atom stereocenters. The van der Waals surface area contributed by atoms with E-state index >= 15 is 0 Å². The van der Waals surface area contributed by atoms with E-state index in [0.717, 1.165) is 16.8 Å². The monoisotopic (exact) mass is 342 g/mol. The van der Waals surface area contributed by atoms with E-state index in [1.54, 1.807) is 21.8 Å². The molecule has 3 aromatic rings. The first-order valence-corrected chi connectivity index (χ1v) is 8.33. The van der Waals surface area contributed by atoms with E-state index < -0.39 is 0 Å². The molecule has 24 heavy (non-hydrogen) atoms. The van der Waals surface area contributed by atoms with Gasteiger partial charge < -0.3 is 4.90 Å². The minimum atomic E-state index is -0.0216. The number of benzene rings is 1. The number of aryl methyl sites for hydroxylation is 1. The molecule has 0 bridgehead atoms. The zero-order valence-corrected chi connectivity index (χ0v) is 14.7. The Labute approximate surface area is 145 Å². The predicted molar refractivity (Wildman–Crippen MR) is 95.4 cm³/mol. The molecule has 0 aliphatic carbocycles. The molecule has 0 atom stereocenters. The van der Waals surface area contributed by atoms with Gasteiger partial charge in [0.1, 0.15) is 0 Å². The molecule has 1 aromatic carbocycles. The first-order chi connectivity index (χ1) is 11.6. The lowest BCUT2D eigenvalue weighted by molar-refractivity contribution is 0.0771. The number of amides is 1. The summed E-state index contributed by atoms with van der Waals surface area (Å²) >= 11 is 6.08. The lowest BCUT2D eigenvalue weighted by Gasteiger charge is -2.19. The molecule has 3 rings (SSSR count). The molecule has 1 amide bonds. The number of fused-ring (bicyclic) bond motifs is 1. The van der Waals surface area contributed by atoms with Gasteiger partial charge in [0.25, 0.3) is 5.91 Å². The van der Waals surface area contributed by atoms with Crippen LogP contribution in [0.4, 0.5) is 0 Å². The van der Waals surface area contributed by atoms with Crippen LogP contribution in [0.3, 0.4) is 0 Å². The zero-order chi connectivity index (χ0) is 17.3. The summed E-state index contributed by atoms with van der Waals surface area (Å²) in [5.41, 5.74) is 3.91. The Bertz CT molecular complexity index is 899. The minimum absolute atomic E-state index is 0.0216. The number of halogens is 1. The lowest BCUT2D eigenvalue weighted by atomic mass is 10.1. The van der Waals surface area contributed by atoms with Crippen molar-refractivity contribution in [1.29, 1.82) is 0 Å². The Balaban J connectivity index is 2.11. The van der Waals surface area contributed by atoms with Crippen molar-refractivity contribution in [3.63, 3.8) is 0 Å². The summed E-state index contributed by atoms with van der Waals surface area (Å²) in [5, 5.41) is 5.08. The Hall–Kier alpha value is -2.40. The molecule has 124 valence electrons. The van der Waals surface area contributed by atoms with Crippen LogP contribution in [0.25, 0.3) is 16.8 Å². The van der Waals surface area contributed by atoms with Crippen LogP contribution in [0.15, 0.2) is 36.7 Å². The van der Waals surface area contributed by atoms with E-state index in [9.17, 15) is 4.79 Å². The Kier molecular flexibility index (Phi) is 4.53. The average Bonchev–Trinajstić information content (AvgIpc) is 3.01. The molecule has 5 nitrogen and oxygen atoms in total.